The number of carbonyl (C=O) groups excluding carboxylic acids is 1. The summed E-state index contributed by atoms with van der Waals surface area (Å²) in [6.45, 7) is 4.18. The van der Waals surface area contributed by atoms with Gasteiger partial charge in [0.2, 0.25) is 17.7 Å². The van der Waals surface area contributed by atoms with Crippen molar-refractivity contribution in [3.05, 3.63) is 35.2 Å². The van der Waals surface area contributed by atoms with Crippen molar-refractivity contribution in [2.45, 2.75) is 20.3 Å². The van der Waals surface area contributed by atoms with E-state index in [4.69, 9.17) is 16.0 Å². The Labute approximate surface area is 122 Å². The normalized spacial score (nSPS) is 10.8. The van der Waals surface area contributed by atoms with E-state index in [0.717, 1.165) is 5.56 Å². The van der Waals surface area contributed by atoms with Crippen LogP contribution in [0.5, 0.6) is 0 Å². The highest BCUT2D eigenvalue weighted by atomic mass is 35.5. The summed E-state index contributed by atoms with van der Waals surface area (Å²) in [7, 11) is 0. The molecule has 0 aliphatic carbocycles. The van der Waals surface area contributed by atoms with Gasteiger partial charge in [0.25, 0.3) is 0 Å². The summed E-state index contributed by atoms with van der Waals surface area (Å²) < 4.78 is 5.54. The predicted octanol–water partition coefficient (Wildman–Crippen LogP) is 2.70. The molecule has 0 atom stereocenters. The lowest BCUT2D eigenvalue weighted by Gasteiger charge is -2.05. The van der Waals surface area contributed by atoms with Crippen molar-refractivity contribution < 1.29 is 9.21 Å². The quantitative estimate of drug-likeness (QED) is 0.920. The molecule has 6 heteroatoms. The molecular weight excluding hydrogens is 278 g/mol. The highest BCUT2D eigenvalue weighted by molar-refractivity contribution is 6.30. The van der Waals surface area contributed by atoms with E-state index in [1.165, 1.54) is 0 Å². The van der Waals surface area contributed by atoms with Crippen molar-refractivity contribution in [3.8, 4) is 11.5 Å². The Morgan fingerprint density at radius 2 is 2.00 bits per heavy atom. The predicted molar refractivity (Wildman–Crippen MR) is 76.3 cm³/mol. The van der Waals surface area contributed by atoms with Gasteiger partial charge in [-0.1, -0.05) is 25.4 Å². The largest absolute Gasteiger partial charge is 0.421 e. The van der Waals surface area contributed by atoms with E-state index in [1.807, 2.05) is 26.0 Å². The Morgan fingerprint density at radius 3 is 2.65 bits per heavy atom. The third-order valence-electron chi connectivity index (χ3n) is 2.72. The van der Waals surface area contributed by atoms with Gasteiger partial charge >= 0.3 is 0 Å². The monoisotopic (exact) mass is 293 g/mol. The van der Waals surface area contributed by atoms with Crippen LogP contribution < -0.4 is 5.32 Å². The van der Waals surface area contributed by atoms with Crippen LogP contribution in [0.15, 0.2) is 28.7 Å². The maximum absolute atomic E-state index is 11.4. The van der Waals surface area contributed by atoms with E-state index in [1.54, 1.807) is 12.1 Å². The molecule has 2 aromatic rings. The van der Waals surface area contributed by atoms with Crippen LogP contribution in [0.2, 0.25) is 5.02 Å². The number of nitrogens with one attached hydrogen (secondary N) is 1. The van der Waals surface area contributed by atoms with E-state index in [0.29, 0.717) is 29.8 Å². The molecule has 5 nitrogen and oxygen atoms in total. The third-order valence-corrected chi connectivity index (χ3v) is 2.97. The molecule has 1 heterocycles. The second-order valence-corrected chi connectivity index (χ2v) is 5.14. The highest BCUT2D eigenvalue weighted by Gasteiger charge is 2.10. The Hall–Kier alpha value is -1.88. The second-order valence-electron chi connectivity index (χ2n) is 4.70. The first-order chi connectivity index (χ1) is 9.56. The Kier molecular flexibility index (Phi) is 4.74. The smallest absolute Gasteiger partial charge is 0.247 e. The number of nitrogens with zero attached hydrogens (tertiary/aromatic N) is 2. The Balaban J connectivity index is 1.92. The maximum Gasteiger partial charge on any atom is 0.247 e. The summed E-state index contributed by atoms with van der Waals surface area (Å²) >= 11 is 5.82. The molecule has 0 aliphatic heterocycles. The molecule has 0 saturated heterocycles. The zero-order valence-electron chi connectivity index (χ0n) is 11.4. The lowest BCUT2D eigenvalue weighted by Crippen LogP contribution is -2.29. The number of benzene rings is 1. The number of hydrogen-bond donors (Lipinski definition) is 1. The molecule has 0 bridgehead atoms. The topological polar surface area (TPSA) is 68.0 Å². The number of hydrogen-bond acceptors (Lipinski definition) is 4. The van der Waals surface area contributed by atoms with Crippen LogP contribution in [0.4, 0.5) is 0 Å². The summed E-state index contributed by atoms with van der Waals surface area (Å²) in [5.41, 5.74) is 0.819. The molecule has 0 unspecified atom stereocenters. The molecular formula is C14H16ClN3O2. The Bertz CT molecular complexity index is 578. The summed E-state index contributed by atoms with van der Waals surface area (Å²) in [4.78, 5) is 11.4. The molecule has 1 amide bonds. The minimum absolute atomic E-state index is 0.0161. The van der Waals surface area contributed by atoms with Crippen LogP contribution >= 0.6 is 11.6 Å². The average molecular weight is 294 g/mol. The van der Waals surface area contributed by atoms with Gasteiger partial charge in [0.1, 0.15) is 0 Å². The van der Waals surface area contributed by atoms with Gasteiger partial charge in [0, 0.05) is 29.5 Å². The maximum atomic E-state index is 11.4. The molecule has 0 saturated carbocycles. The first-order valence-electron chi connectivity index (χ1n) is 6.42. The molecule has 1 aromatic carbocycles. The van der Waals surface area contributed by atoms with Crippen molar-refractivity contribution in [2.24, 2.45) is 5.92 Å². The van der Waals surface area contributed by atoms with Crippen LogP contribution in [0.25, 0.3) is 11.5 Å². The molecule has 0 spiro atoms. The lowest BCUT2D eigenvalue weighted by molar-refractivity contribution is -0.123. The van der Waals surface area contributed by atoms with Gasteiger partial charge in [0.05, 0.1) is 0 Å². The molecule has 0 radical (unpaired) electrons. The van der Waals surface area contributed by atoms with Crippen LogP contribution in [0.3, 0.4) is 0 Å². The van der Waals surface area contributed by atoms with E-state index >= 15 is 0 Å². The van der Waals surface area contributed by atoms with E-state index in [2.05, 4.69) is 15.5 Å². The number of amides is 1. The van der Waals surface area contributed by atoms with Gasteiger partial charge in [-0.05, 0) is 24.3 Å². The van der Waals surface area contributed by atoms with Crippen molar-refractivity contribution in [2.75, 3.05) is 6.54 Å². The number of aromatic nitrogens is 2. The Morgan fingerprint density at radius 1 is 1.30 bits per heavy atom. The van der Waals surface area contributed by atoms with Crippen LogP contribution in [-0.2, 0) is 11.2 Å². The minimum Gasteiger partial charge on any atom is -0.421 e. The van der Waals surface area contributed by atoms with E-state index < -0.39 is 0 Å². The molecule has 1 aromatic heterocycles. The zero-order chi connectivity index (χ0) is 14.5. The zero-order valence-corrected chi connectivity index (χ0v) is 12.1. The van der Waals surface area contributed by atoms with Crippen LogP contribution in [0.1, 0.15) is 19.7 Å². The van der Waals surface area contributed by atoms with Gasteiger partial charge in [-0.15, -0.1) is 10.2 Å². The van der Waals surface area contributed by atoms with Crippen molar-refractivity contribution in [3.63, 3.8) is 0 Å². The number of halogens is 1. The van der Waals surface area contributed by atoms with Crippen molar-refractivity contribution in [1.82, 2.24) is 15.5 Å². The number of carbonyl (C=O) groups is 1. The fourth-order valence-corrected chi connectivity index (χ4v) is 1.69. The van der Waals surface area contributed by atoms with Crippen LogP contribution in [-0.4, -0.2) is 22.6 Å². The first-order valence-corrected chi connectivity index (χ1v) is 6.80. The SMILES string of the molecule is CC(C)C(=O)NCCc1nnc(-c2ccc(Cl)cc2)o1. The average Bonchev–Trinajstić information content (AvgIpc) is 2.88. The molecule has 0 fully saturated rings. The lowest BCUT2D eigenvalue weighted by atomic mass is 10.2. The van der Waals surface area contributed by atoms with Crippen molar-refractivity contribution >= 4 is 17.5 Å². The molecule has 2 rings (SSSR count). The van der Waals surface area contributed by atoms with E-state index in [-0.39, 0.29) is 11.8 Å². The summed E-state index contributed by atoms with van der Waals surface area (Å²) in [5, 5.41) is 11.4. The first kappa shape index (κ1) is 14.5. The van der Waals surface area contributed by atoms with Gasteiger partial charge in [-0.3, -0.25) is 4.79 Å². The second kappa shape index (κ2) is 6.52. The number of rotatable bonds is 5. The standard InChI is InChI=1S/C14H16ClN3O2/c1-9(2)13(19)16-8-7-12-17-18-14(20-12)10-3-5-11(15)6-4-10/h3-6,9H,7-8H2,1-2H3,(H,16,19). The molecule has 106 valence electrons. The fraction of sp³-hybridized carbons (Fsp3) is 0.357. The fourth-order valence-electron chi connectivity index (χ4n) is 1.56. The van der Waals surface area contributed by atoms with Gasteiger partial charge in [0.15, 0.2) is 0 Å². The third kappa shape index (κ3) is 3.81. The minimum atomic E-state index is -0.0256. The van der Waals surface area contributed by atoms with Crippen molar-refractivity contribution in [1.29, 1.82) is 0 Å². The summed E-state index contributed by atoms with van der Waals surface area (Å²) in [6.07, 6.45) is 0.513. The van der Waals surface area contributed by atoms with Crippen LogP contribution in [0, 0.1) is 5.92 Å². The summed E-state index contributed by atoms with van der Waals surface area (Å²) in [6, 6.07) is 7.17. The van der Waals surface area contributed by atoms with E-state index in [9.17, 15) is 4.79 Å². The molecule has 0 aliphatic rings. The summed E-state index contributed by atoms with van der Waals surface area (Å²) in [5.74, 6) is 0.940. The molecule has 1 N–H and O–H groups in total. The highest BCUT2D eigenvalue weighted by Crippen LogP contribution is 2.20. The van der Waals surface area contributed by atoms with Gasteiger partial charge < -0.3 is 9.73 Å². The molecule has 20 heavy (non-hydrogen) atoms. The van der Waals surface area contributed by atoms with Gasteiger partial charge in [-0.25, -0.2) is 0 Å². The van der Waals surface area contributed by atoms with Gasteiger partial charge in [-0.2, -0.15) is 0 Å².